The fourth-order valence-electron chi connectivity index (χ4n) is 2.65. The first-order valence-electron chi connectivity index (χ1n) is 7.07. The van der Waals surface area contributed by atoms with Crippen molar-refractivity contribution in [1.82, 2.24) is 0 Å². The molecule has 0 spiro atoms. The topological polar surface area (TPSA) is 38.5 Å². The normalized spacial score (nSPS) is 13.7. The molecule has 0 fully saturated rings. The Morgan fingerprint density at radius 2 is 1.95 bits per heavy atom. The maximum atomic E-state index is 5.99. The van der Waals surface area contributed by atoms with Crippen molar-refractivity contribution in [2.75, 3.05) is 17.2 Å². The lowest BCUT2D eigenvalue weighted by Crippen LogP contribution is -2.14. The van der Waals surface area contributed by atoms with Gasteiger partial charge in [-0.2, -0.15) is 0 Å². The summed E-state index contributed by atoms with van der Waals surface area (Å²) in [5.41, 5.74) is 10.5. The van der Waals surface area contributed by atoms with Crippen LogP contribution >= 0.6 is 0 Å². The molecule has 0 atom stereocenters. The Balaban J connectivity index is 1.96. The second-order valence-electron chi connectivity index (χ2n) is 5.42. The first-order valence-corrected chi connectivity index (χ1v) is 7.07. The van der Waals surface area contributed by atoms with Crippen molar-refractivity contribution in [2.45, 2.75) is 26.4 Å². The Bertz CT molecular complexity index is 622. The number of hydrogen-bond donors (Lipinski definition) is 1. The minimum atomic E-state index is 0.124. The molecule has 1 aliphatic rings. The molecule has 0 aliphatic carbocycles. The van der Waals surface area contributed by atoms with E-state index in [1.807, 2.05) is 26.0 Å². The molecular weight excluding hydrogens is 248 g/mol. The number of rotatable bonds is 3. The highest BCUT2D eigenvalue weighted by atomic mass is 16.5. The number of para-hydroxylation sites is 1. The highest BCUT2D eigenvalue weighted by Crippen LogP contribution is 2.37. The van der Waals surface area contributed by atoms with Gasteiger partial charge >= 0.3 is 0 Å². The van der Waals surface area contributed by atoms with Crippen LogP contribution in [0.3, 0.4) is 0 Å². The SMILES string of the molecule is CC(C)Oc1cc(N2CCc3ccccc32)ccc1N. The minimum Gasteiger partial charge on any atom is -0.489 e. The molecule has 0 amide bonds. The smallest absolute Gasteiger partial charge is 0.144 e. The molecule has 0 aromatic heterocycles. The predicted octanol–water partition coefficient (Wildman–Crippen LogP) is 3.75. The van der Waals surface area contributed by atoms with E-state index in [-0.39, 0.29) is 6.10 Å². The third-order valence-corrected chi connectivity index (χ3v) is 3.56. The number of nitrogens with zero attached hydrogens (tertiary/aromatic N) is 1. The Hall–Kier alpha value is -2.16. The van der Waals surface area contributed by atoms with E-state index in [2.05, 4.69) is 35.2 Å². The molecule has 3 rings (SSSR count). The number of hydrogen-bond acceptors (Lipinski definition) is 3. The summed E-state index contributed by atoms with van der Waals surface area (Å²) in [6, 6.07) is 14.6. The fraction of sp³-hybridized carbons (Fsp3) is 0.294. The number of benzene rings is 2. The van der Waals surface area contributed by atoms with Crippen LogP contribution < -0.4 is 15.4 Å². The van der Waals surface area contributed by atoms with Gasteiger partial charge in [0.2, 0.25) is 0 Å². The molecule has 104 valence electrons. The van der Waals surface area contributed by atoms with E-state index < -0.39 is 0 Å². The highest BCUT2D eigenvalue weighted by Gasteiger charge is 2.20. The van der Waals surface area contributed by atoms with E-state index >= 15 is 0 Å². The van der Waals surface area contributed by atoms with Crippen molar-refractivity contribution in [1.29, 1.82) is 0 Å². The van der Waals surface area contributed by atoms with Crippen molar-refractivity contribution < 1.29 is 4.74 Å². The first-order chi connectivity index (χ1) is 9.65. The minimum absolute atomic E-state index is 0.124. The Labute approximate surface area is 120 Å². The fourth-order valence-corrected chi connectivity index (χ4v) is 2.65. The zero-order chi connectivity index (χ0) is 14.1. The van der Waals surface area contributed by atoms with Crippen LogP contribution in [0.4, 0.5) is 17.1 Å². The summed E-state index contributed by atoms with van der Waals surface area (Å²) in [5, 5.41) is 0. The molecular formula is C17H20N2O. The van der Waals surface area contributed by atoms with Gasteiger partial charge in [-0.05, 0) is 44.0 Å². The first kappa shape index (κ1) is 12.9. The van der Waals surface area contributed by atoms with E-state index in [1.54, 1.807) is 0 Å². The van der Waals surface area contributed by atoms with Gasteiger partial charge in [0.1, 0.15) is 5.75 Å². The molecule has 0 unspecified atom stereocenters. The molecule has 3 heteroatoms. The second kappa shape index (κ2) is 5.08. The summed E-state index contributed by atoms with van der Waals surface area (Å²) in [7, 11) is 0. The number of nitrogens with two attached hydrogens (primary N) is 1. The van der Waals surface area contributed by atoms with Gasteiger partial charge in [0.25, 0.3) is 0 Å². The molecule has 2 N–H and O–H groups in total. The third kappa shape index (κ3) is 2.31. The average Bonchev–Trinajstić information content (AvgIpc) is 2.85. The van der Waals surface area contributed by atoms with Crippen LogP contribution in [-0.2, 0) is 6.42 Å². The van der Waals surface area contributed by atoms with Gasteiger partial charge in [-0.3, -0.25) is 0 Å². The Morgan fingerprint density at radius 1 is 1.15 bits per heavy atom. The highest BCUT2D eigenvalue weighted by molar-refractivity contribution is 5.73. The molecule has 0 bridgehead atoms. The van der Waals surface area contributed by atoms with Crippen molar-refractivity contribution in [3.05, 3.63) is 48.0 Å². The zero-order valence-corrected chi connectivity index (χ0v) is 12.0. The van der Waals surface area contributed by atoms with E-state index in [0.29, 0.717) is 5.69 Å². The summed E-state index contributed by atoms with van der Waals surface area (Å²) in [6.45, 7) is 5.03. The summed E-state index contributed by atoms with van der Waals surface area (Å²) >= 11 is 0. The monoisotopic (exact) mass is 268 g/mol. The lowest BCUT2D eigenvalue weighted by atomic mass is 10.2. The molecule has 1 aliphatic heterocycles. The maximum absolute atomic E-state index is 5.99. The molecule has 0 saturated heterocycles. The van der Waals surface area contributed by atoms with Crippen LogP contribution in [0.1, 0.15) is 19.4 Å². The zero-order valence-electron chi connectivity index (χ0n) is 12.0. The van der Waals surface area contributed by atoms with E-state index in [9.17, 15) is 0 Å². The van der Waals surface area contributed by atoms with E-state index in [1.165, 1.54) is 11.3 Å². The average molecular weight is 268 g/mol. The van der Waals surface area contributed by atoms with Gasteiger partial charge in [0.05, 0.1) is 11.8 Å². The van der Waals surface area contributed by atoms with Crippen LogP contribution in [0, 0.1) is 0 Å². The lowest BCUT2D eigenvalue weighted by Gasteiger charge is -2.21. The van der Waals surface area contributed by atoms with Crippen molar-refractivity contribution in [3.8, 4) is 5.75 Å². The van der Waals surface area contributed by atoms with Crippen LogP contribution in [0.2, 0.25) is 0 Å². The molecule has 0 radical (unpaired) electrons. The quantitative estimate of drug-likeness (QED) is 0.862. The van der Waals surface area contributed by atoms with Crippen LogP contribution in [0.25, 0.3) is 0 Å². The number of ether oxygens (including phenoxy) is 1. The summed E-state index contributed by atoms with van der Waals surface area (Å²) in [5.74, 6) is 0.766. The second-order valence-corrected chi connectivity index (χ2v) is 5.42. The number of nitrogen functional groups attached to an aromatic ring is 1. The molecule has 20 heavy (non-hydrogen) atoms. The van der Waals surface area contributed by atoms with Gasteiger partial charge in [0.15, 0.2) is 0 Å². The molecule has 2 aromatic carbocycles. The Morgan fingerprint density at radius 3 is 2.75 bits per heavy atom. The number of fused-ring (bicyclic) bond motifs is 1. The van der Waals surface area contributed by atoms with Crippen LogP contribution in [0.15, 0.2) is 42.5 Å². The summed E-state index contributed by atoms with van der Waals surface area (Å²) < 4.78 is 5.78. The van der Waals surface area contributed by atoms with Gasteiger partial charge in [-0.25, -0.2) is 0 Å². The molecule has 1 heterocycles. The van der Waals surface area contributed by atoms with Gasteiger partial charge < -0.3 is 15.4 Å². The van der Waals surface area contributed by atoms with Gasteiger partial charge in [-0.15, -0.1) is 0 Å². The maximum Gasteiger partial charge on any atom is 0.144 e. The summed E-state index contributed by atoms with van der Waals surface area (Å²) in [4.78, 5) is 2.32. The lowest BCUT2D eigenvalue weighted by molar-refractivity contribution is 0.244. The van der Waals surface area contributed by atoms with E-state index in [0.717, 1.165) is 24.4 Å². The van der Waals surface area contributed by atoms with Crippen molar-refractivity contribution in [3.63, 3.8) is 0 Å². The number of anilines is 3. The van der Waals surface area contributed by atoms with Gasteiger partial charge in [-0.1, -0.05) is 18.2 Å². The molecule has 3 nitrogen and oxygen atoms in total. The van der Waals surface area contributed by atoms with Crippen LogP contribution in [-0.4, -0.2) is 12.6 Å². The predicted molar refractivity (Wildman–Crippen MR) is 83.8 cm³/mol. The Kier molecular flexibility index (Phi) is 3.26. The molecule has 2 aromatic rings. The standard InChI is InChI=1S/C17H20N2O/c1-12(2)20-17-11-14(7-8-15(17)18)19-10-9-13-5-3-4-6-16(13)19/h3-8,11-12H,9-10,18H2,1-2H3. The largest absolute Gasteiger partial charge is 0.489 e. The van der Waals surface area contributed by atoms with Gasteiger partial charge in [0, 0.05) is 24.0 Å². The third-order valence-electron chi connectivity index (χ3n) is 3.56. The van der Waals surface area contributed by atoms with E-state index in [4.69, 9.17) is 10.5 Å². The molecule has 0 saturated carbocycles. The van der Waals surface area contributed by atoms with Crippen molar-refractivity contribution >= 4 is 17.1 Å². The van der Waals surface area contributed by atoms with Crippen molar-refractivity contribution in [2.24, 2.45) is 0 Å². The summed E-state index contributed by atoms with van der Waals surface area (Å²) in [6.07, 6.45) is 1.21. The van der Waals surface area contributed by atoms with Crippen LogP contribution in [0.5, 0.6) is 5.75 Å².